The maximum absolute atomic E-state index is 12.5. The lowest BCUT2D eigenvalue weighted by atomic mass is 10.1. The van der Waals surface area contributed by atoms with E-state index < -0.39 is 11.8 Å². The van der Waals surface area contributed by atoms with Crippen LogP contribution in [0.15, 0.2) is 60.2 Å². The molecule has 0 saturated carbocycles. The van der Waals surface area contributed by atoms with Gasteiger partial charge in [-0.05, 0) is 72.7 Å². The molecule has 0 aliphatic rings. The monoisotopic (exact) mass is 543 g/mol. The minimum Gasteiger partial charge on any atom is -0.497 e. The fourth-order valence-electron chi connectivity index (χ4n) is 2.99. The molecule has 0 aliphatic heterocycles. The Labute approximate surface area is 223 Å². The van der Waals surface area contributed by atoms with Gasteiger partial charge in [0, 0.05) is 16.4 Å². The summed E-state index contributed by atoms with van der Waals surface area (Å²) in [5.41, 5.74) is 2.14. The van der Waals surface area contributed by atoms with Crippen LogP contribution in [0.4, 0.5) is 11.4 Å². The van der Waals surface area contributed by atoms with Crippen molar-refractivity contribution >= 4 is 64.1 Å². The average molecular weight is 545 g/mol. The van der Waals surface area contributed by atoms with E-state index in [1.807, 2.05) is 13.0 Å². The fraction of sp³-hybridized carbons (Fsp3) is 0.115. The van der Waals surface area contributed by atoms with Gasteiger partial charge in [-0.25, -0.2) is 0 Å². The third-order valence-corrected chi connectivity index (χ3v) is 5.82. The summed E-state index contributed by atoms with van der Waals surface area (Å²) in [6.07, 6.45) is 1.34. The highest BCUT2D eigenvalue weighted by atomic mass is 35.5. The SMILES string of the molecule is COc1ccc(NC(=O)/C(C#N)=C\c2cc(Cl)c(OCC(=O)Nc3ccc(C)c(Cl)c3)c(Cl)c2)cc1. The van der Waals surface area contributed by atoms with E-state index in [2.05, 4.69) is 10.6 Å². The van der Waals surface area contributed by atoms with Gasteiger partial charge in [-0.3, -0.25) is 9.59 Å². The number of carbonyl (C=O) groups excluding carboxylic acids is 2. The minimum absolute atomic E-state index is 0.0914. The van der Waals surface area contributed by atoms with Crippen molar-refractivity contribution in [2.45, 2.75) is 6.92 Å². The zero-order chi connectivity index (χ0) is 26.2. The number of nitrogens with zero attached hydrogens (tertiary/aromatic N) is 1. The Morgan fingerprint density at radius 2 is 1.58 bits per heavy atom. The molecule has 0 atom stereocenters. The molecule has 0 spiro atoms. The summed E-state index contributed by atoms with van der Waals surface area (Å²) >= 11 is 18.7. The predicted molar refractivity (Wildman–Crippen MR) is 142 cm³/mol. The van der Waals surface area contributed by atoms with E-state index in [1.54, 1.807) is 42.5 Å². The van der Waals surface area contributed by atoms with Crippen LogP contribution in [0.3, 0.4) is 0 Å². The van der Waals surface area contributed by atoms with E-state index in [1.165, 1.54) is 25.3 Å². The van der Waals surface area contributed by atoms with E-state index in [4.69, 9.17) is 44.3 Å². The molecule has 0 heterocycles. The van der Waals surface area contributed by atoms with Crippen LogP contribution in [0.2, 0.25) is 15.1 Å². The van der Waals surface area contributed by atoms with Crippen LogP contribution in [0.25, 0.3) is 6.08 Å². The Hall–Kier alpha value is -3.70. The van der Waals surface area contributed by atoms with Crippen molar-refractivity contribution in [1.29, 1.82) is 5.26 Å². The quantitative estimate of drug-likeness (QED) is 0.248. The normalized spacial score (nSPS) is 10.8. The van der Waals surface area contributed by atoms with Gasteiger partial charge in [-0.1, -0.05) is 40.9 Å². The first-order chi connectivity index (χ1) is 17.2. The van der Waals surface area contributed by atoms with Gasteiger partial charge in [0.1, 0.15) is 17.4 Å². The molecule has 0 fully saturated rings. The zero-order valence-electron chi connectivity index (χ0n) is 19.2. The van der Waals surface area contributed by atoms with E-state index in [0.29, 0.717) is 27.7 Å². The molecule has 0 radical (unpaired) electrons. The first-order valence-corrected chi connectivity index (χ1v) is 11.6. The van der Waals surface area contributed by atoms with Crippen molar-refractivity contribution in [3.63, 3.8) is 0 Å². The Kier molecular flexibility index (Phi) is 9.20. The average Bonchev–Trinajstić information content (AvgIpc) is 2.84. The summed E-state index contributed by atoms with van der Waals surface area (Å²) in [5.74, 6) is -0.322. The highest BCUT2D eigenvalue weighted by molar-refractivity contribution is 6.37. The van der Waals surface area contributed by atoms with Crippen LogP contribution >= 0.6 is 34.8 Å². The van der Waals surface area contributed by atoms with Gasteiger partial charge in [-0.2, -0.15) is 5.26 Å². The van der Waals surface area contributed by atoms with E-state index >= 15 is 0 Å². The fourth-order valence-corrected chi connectivity index (χ4v) is 3.79. The highest BCUT2D eigenvalue weighted by Gasteiger charge is 2.14. The molecule has 3 aromatic rings. The summed E-state index contributed by atoms with van der Waals surface area (Å²) in [6, 6.07) is 16.6. The lowest BCUT2D eigenvalue weighted by molar-refractivity contribution is -0.118. The molecule has 184 valence electrons. The minimum atomic E-state index is -0.608. The van der Waals surface area contributed by atoms with Crippen molar-refractivity contribution in [3.8, 4) is 17.6 Å². The van der Waals surface area contributed by atoms with Crippen molar-refractivity contribution in [3.05, 3.63) is 86.4 Å². The first kappa shape index (κ1) is 26.9. The van der Waals surface area contributed by atoms with E-state index in [9.17, 15) is 14.9 Å². The topological polar surface area (TPSA) is 100 Å². The molecule has 0 aromatic heterocycles. The van der Waals surface area contributed by atoms with Gasteiger partial charge in [0.05, 0.1) is 17.2 Å². The van der Waals surface area contributed by atoms with E-state index in [0.717, 1.165) is 5.56 Å². The molecular weight excluding hydrogens is 525 g/mol. The number of aryl methyl sites for hydroxylation is 1. The molecule has 3 aromatic carbocycles. The van der Waals surface area contributed by atoms with Gasteiger partial charge in [0.2, 0.25) is 0 Å². The lowest BCUT2D eigenvalue weighted by Gasteiger charge is -2.12. The van der Waals surface area contributed by atoms with Gasteiger partial charge in [0.15, 0.2) is 12.4 Å². The van der Waals surface area contributed by atoms with Crippen LogP contribution in [-0.2, 0) is 9.59 Å². The second-order valence-corrected chi connectivity index (χ2v) is 8.69. The largest absolute Gasteiger partial charge is 0.497 e. The smallest absolute Gasteiger partial charge is 0.266 e. The summed E-state index contributed by atoms with van der Waals surface area (Å²) in [6.45, 7) is 1.50. The van der Waals surface area contributed by atoms with Gasteiger partial charge in [-0.15, -0.1) is 0 Å². The summed E-state index contributed by atoms with van der Waals surface area (Å²) in [7, 11) is 1.53. The molecule has 0 unspecified atom stereocenters. The second kappa shape index (κ2) is 12.3. The number of ether oxygens (including phenoxy) is 2. The van der Waals surface area contributed by atoms with Crippen molar-refractivity contribution < 1.29 is 19.1 Å². The molecule has 0 bridgehead atoms. The standard InChI is InChI=1S/C26H20Cl3N3O4/c1-15-3-4-19(12-21(15)27)31-24(33)14-36-25-22(28)10-16(11-23(25)29)9-17(13-30)26(34)32-18-5-7-20(35-2)8-6-18/h3-12H,14H2,1-2H3,(H,31,33)(H,32,34)/b17-9-. The van der Waals surface area contributed by atoms with Crippen LogP contribution in [0, 0.1) is 18.3 Å². The molecule has 0 saturated heterocycles. The molecule has 3 rings (SSSR count). The Bertz CT molecular complexity index is 1340. The Morgan fingerprint density at radius 1 is 0.944 bits per heavy atom. The van der Waals surface area contributed by atoms with Crippen molar-refractivity contribution in [2.24, 2.45) is 0 Å². The molecule has 0 aliphatic carbocycles. The van der Waals surface area contributed by atoms with E-state index in [-0.39, 0.29) is 28.0 Å². The van der Waals surface area contributed by atoms with Gasteiger partial charge >= 0.3 is 0 Å². The number of amides is 2. The predicted octanol–water partition coefficient (Wildman–Crippen LogP) is 6.53. The number of nitriles is 1. The molecule has 2 N–H and O–H groups in total. The molecular formula is C26H20Cl3N3O4. The third kappa shape index (κ3) is 7.15. The molecule has 10 heteroatoms. The number of nitrogens with one attached hydrogen (secondary N) is 2. The van der Waals surface area contributed by atoms with Crippen LogP contribution < -0.4 is 20.1 Å². The van der Waals surface area contributed by atoms with Crippen LogP contribution in [0.1, 0.15) is 11.1 Å². The first-order valence-electron chi connectivity index (χ1n) is 10.4. The van der Waals surface area contributed by atoms with Crippen molar-refractivity contribution in [2.75, 3.05) is 24.4 Å². The number of methoxy groups -OCH3 is 1. The summed E-state index contributed by atoms with van der Waals surface area (Å²) in [5, 5.41) is 15.5. The molecule has 36 heavy (non-hydrogen) atoms. The second-order valence-electron chi connectivity index (χ2n) is 7.47. The number of anilines is 2. The van der Waals surface area contributed by atoms with Crippen molar-refractivity contribution in [1.82, 2.24) is 0 Å². The maximum atomic E-state index is 12.5. The Morgan fingerprint density at radius 3 is 2.17 bits per heavy atom. The van der Waals surface area contributed by atoms with Gasteiger partial charge in [0.25, 0.3) is 11.8 Å². The number of hydrogen-bond donors (Lipinski definition) is 2. The van der Waals surface area contributed by atoms with Crippen LogP contribution in [-0.4, -0.2) is 25.5 Å². The summed E-state index contributed by atoms with van der Waals surface area (Å²) in [4.78, 5) is 24.8. The summed E-state index contributed by atoms with van der Waals surface area (Å²) < 4.78 is 10.6. The number of halogens is 3. The van der Waals surface area contributed by atoms with Gasteiger partial charge < -0.3 is 20.1 Å². The number of benzene rings is 3. The number of rotatable bonds is 8. The molecule has 7 nitrogen and oxygen atoms in total. The third-order valence-electron chi connectivity index (χ3n) is 4.85. The maximum Gasteiger partial charge on any atom is 0.266 e. The number of carbonyl (C=O) groups is 2. The zero-order valence-corrected chi connectivity index (χ0v) is 21.5. The number of hydrogen-bond acceptors (Lipinski definition) is 5. The van der Waals surface area contributed by atoms with Crippen LogP contribution in [0.5, 0.6) is 11.5 Å². The Balaban J connectivity index is 1.68. The highest BCUT2D eigenvalue weighted by Crippen LogP contribution is 2.35. The lowest BCUT2D eigenvalue weighted by Crippen LogP contribution is -2.20. The molecule has 2 amide bonds.